The predicted molar refractivity (Wildman–Crippen MR) is 71.2 cm³/mol. The number of carbonyl (C=O) groups is 2. The molecule has 5 nitrogen and oxygen atoms in total. The van der Waals surface area contributed by atoms with Gasteiger partial charge in [-0.2, -0.15) is 0 Å². The van der Waals surface area contributed by atoms with Crippen molar-refractivity contribution in [3.05, 3.63) is 29.3 Å². The lowest BCUT2D eigenvalue weighted by atomic mass is 10.0. The van der Waals surface area contributed by atoms with Gasteiger partial charge < -0.3 is 15.5 Å². The first-order chi connectivity index (χ1) is 8.81. The van der Waals surface area contributed by atoms with Crippen molar-refractivity contribution >= 4 is 11.9 Å². The molecule has 0 bridgehead atoms. The van der Waals surface area contributed by atoms with Crippen LogP contribution in [-0.4, -0.2) is 28.1 Å². The summed E-state index contributed by atoms with van der Waals surface area (Å²) >= 11 is 0. The van der Waals surface area contributed by atoms with E-state index in [0.717, 1.165) is 0 Å². The van der Waals surface area contributed by atoms with E-state index in [4.69, 9.17) is 5.11 Å². The fourth-order valence-corrected chi connectivity index (χ4v) is 1.69. The summed E-state index contributed by atoms with van der Waals surface area (Å²) in [6.45, 7) is 5.50. The van der Waals surface area contributed by atoms with Crippen LogP contribution in [0.1, 0.15) is 36.2 Å². The fourth-order valence-electron chi connectivity index (χ4n) is 1.69. The molecule has 1 aromatic carbocycles. The van der Waals surface area contributed by atoms with Gasteiger partial charge in [0.2, 0.25) is 0 Å². The molecule has 0 saturated heterocycles. The maximum atomic E-state index is 11.9. The molecule has 0 fully saturated rings. The molecule has 0 spiro atoms. The molecule has 19 heavy (non-hydrogen) atoms. The monoisotopic (exact) mass is 265 g/mol. The van der Waals surface area contributed by atoms with Gasteiger partial charge in [-0.05, 0) is 37.0 Å². The van der Waals surface area contributed by atoms with E-state index < -0.39 is 17.9 Å². The Morgan fingerprint density at radius 1 is 1.32 bits per heavy atom. The van der Waals surface area contributed by atoms with Crippen LogP contribution >= 0.6 is 0 Å². The number of benzene rings is 1. The highest BCUT2D eigenvalue weighted by molar-refractivity contribution is 5.97. The Kier molecular flexibility index (Phi) is 4.92. The molecule has 0 aliphatic carbocycles. The molecule has 104 valence electrons. The number of amides is 1. The Morgan fingerprint density at radius 2 is 1.95 bits per heavy atom. The number of carbonyl (C=O) groups excluding carboxylic acids is 1. The van der Waals surface area contributed by atoms with Crippen LogP contribution in [0.3, 0.4) is 0 Å². The zero-order valence-corrected chi connectivity index (χ0v) is 11.3. The first-order valence-corrected chi connectivity index (χ1v) is 6.14. The van der Waals surface area contributed by atoms with Gasteiger partial charge in [0.05, 0.1) is 0 Å². The summed E-state index contributed by atoms with van der Waals surface area (Å²) in [6, 6.07) is 3.58. The molecular weight excluding hydrogens is 246 g/mol. The molecule has 3 N–H and O–H groups in total. The summed E-state index contributed by atoms with van der Waals surface area (Å²) in [5, 5.41) is 21.1. The van der Waals surface area contributed by atoms with Gasteiger partial charge in [0.1, 0.15) is 11.8 Å². The predicted octanol–water partition coefficient (Wildman–Crippen LogP) is 1.93. The molecule has 0 aliphatic rings. The highest BCUT2D eigenvalue weighted by Crippen LogP contribution is 2.17. The van der Waals surface area contributed by atoms with Crippen molar-refractivity contribution in [2.75, 3.05) is 0 Å². The summed E-state index contributed by atoms with van der Waals surface area (Å²) < 4.78 is 0. The van der Waals surface area contributed by atoms with Gasteiger partial charge in [-0.25, -0.2) is 4.79 Å². The topological polar surface area (TPSA) is 86.6 Å². The smallest absolute Gasteiger partial charge is 0.326 e. The number of carboxylic acids is 1. The molecule has 1 amide bonds. The van der Waals surface area contributed by atoms with Crippen LogP contribution in [0, 0.1) is 12.8 Å². The van der Waals surface area contributed by atoms with Crippen molar-refractivity contribution in [2.45, 2.75) is 33.2 Å². The summed E-state index contributed by atoms with van der Waals surface area (Å²) in [4.78, 5) is 23.0. The highest BCUT2D eigenvalue weighted by Gasteiger charge is 2.21. The fraction of sp³-hybridized carbons (Fsp3) is 0.429. The van der Waals surface area contributed by atoms with Crippen LogP contribution in [-0.2, 0) is 4.79 Å². The first-order valence-electron chi connectivity index (χ1n) is 6.14. The SMILES string of the molecule is Cc1ccc(C(=O)NC(CC(C)C)C(=O)O)cc1O. The second kappa shape index (κ2) is 6.22. The number of aliphatic carboxylic acids is 1. The van der Waals surface area contributed by atoms with E-state index in [-0.39, 0.29) is 17.2 Å². The van der Waals surface area contributed by atoms with Gasteiger partial charge >= 0.3 is 5.97 Å². The Labute approximate surface area is 112 Å². The van der Waals surface area contributed by atoms with Crippen LogP contribution < -0.4 is 5.32 Å². The van der Waals surface area contributed by atoms with Gasteiger partial charge in [-0.1, -0.05) is 19.9 Å². The molecule has 0 saturated carbocycles. The molecule has 0 heterocycles. The number of rotatable bonds is 5. The number of phenolic OH excluding ortho intramolecular Hbond substituents is 1. The average Bonchev–Trinajstić information content (AvgIpc) is 2.31. The lowest BCUT2D eigenvalue weighted by molar-refractivity contribution is -0.139. The van der Waals surface area contributed by atoms with Gasteiger partial charge in [0, 0.05) is 5.56 Å². The zero-order chi connectivity index (χ0) is 14.6. The molecular formula is C14H19NO4. The van der Waals surface area contributed by atoms with E-state index in [1.807, 2.05) is 13.8 Å². The maximum absolute atomic E-state index is 11.9. The third-order valence-electron chi connectivity index (χ3n) is 2.78. The summed E-state index contributed by atoms with van der Waals surface area (Å²) in [5.41, 5.74) is 0.909. The third-order valence-corrected chi connectivity index (χ3v) is 2.78. The van der Waals surface area contributed by atoms with E-state index in [0.29, 0.717) is 12.0 Å². The van der Waals surface area contributed by atoms with E-state index in [9.17, 15) is 14.7 Å². The van der Waals surface area contributed by atoms with Crippen molar-refractivity contribution in [2.24, 2.45) is 5.92 Å². The normalized spacial score (nSPS) is 12.2. The Morgan fingerprint density at radius 3 is 2.42 bits per heavy atom. The zero-order valence-electron chi connectivity index (χ0n) is 11.3. The molecule has 1 atom stereocenters. The average molecular weight is 265 g/mol. The van der Waals surface area contributed by atoms with Crippen LogP contribution in [0.25, 0.3) is 0 Å². The third kappa shape index (κ3) is 4.28. The van der Waals surface area contributed by atoms with Crippen molar-refractivity contribution in [3.8, 4) is 5.75 Å². The minimum absolute atomic E-state index is 0.0170. The first kappa shape index (κ1) is 15.0. The Hall–Kier alpha value is -2.04. The second-order valence-electron chi connectivity index (χ2n) is 5.00. The van der Waals surface area contributed by atoms with Crippen LogP contribution in [0.15, 0.2) is 18.2 Å². The number of aryl methyl sites for hydroxylation is 1. The molecule has 5 heteroatoms. The molecule has 0 aromatic heterocycles. The van der Waals surface area contributed by atoms with Gasteiger partial charge in [0.25, 0.3) is 5.91 Å². The van der Waals surface area contributed by atoms with Crippen LogP contribution in [0.4, 0.5) is 0 Å². The summed E-state index contributed by atoms with van der Waals surface area (Å²) in [5.74, 6) is -1.38. The minimum Gasteiger partial charge on any atom is -0.508 e. The Balaban J connectivity index is 2.81. The molecule has 1 rings (SSSR count). The standard InChI is InChI=1S/C14H19NO4/c1-8(2)6-11(14(18)19)15-13(17)10-5-4-9(3)12(16)7-10/h4-5,7-8,11,16H,6H2,1-3H3,(H,15,17)(H,18,19). The lowest BCUT2D eigenvalue weighted by Crippen LogP contribution is -2.41. The highest BCUT2D eigenvalue weighted by atomic mass is 16.4. The summed E-state index contributed by atoms with van der Waals surface area (Å²) in [7, 11) is 0. The van der Waals surface area contributed by atoms with Gasteiger partial charge in [0.15, 0.2) is 0 Å². The van der Waals surface area contributed by atoms with Crippen molar-refractivity contribution in [3.63, 3.8) is 0 Å². The van der Waals surface area contributed by atoms with Crippen molar-refractivity contribution < 1.29 is 19.8 Å². The number of hydrogen-bond donors (Lipinski definition) is 3. The van der Waals surface area contributed by atoms with E-state index in [1.54, 1.807) is 19.1 Å². The quantitative estimate of drug-likeness (QED) is 0.759. The Bertz CT molecular complexity index is 482. The van der Waals surface area contributed by atoms with Gasteiger partial charge in [-0.15, -0.1) is 0 Å². The van der Waals surface area contributed by atoms with Gasteiger partial charge in [-0.3, -0.25) is 4.79 Å². The van der Waals surface area contributed by atoms with Crippen LogP contribution in [0.5, 0.6) is 5.75 Å². The molecule has 1 unspecified atom stereocenters. The number of phenols is 1. The van der Waals surface area contributed by atoms with Crippen molar-refractivity contribution in [1.82, 2.24) is 5.32 Å². The molecule has 0 aliphatic heterocycles. The second-order valence-corrected chi connectivity index (χ2v) is 5.00. The number of nitrogens with one attached hydrogen (secondary N) is 1. The summed E-state index contributed by atoms with van der Waals surface area (Å²) in [6.07, 6.45) is 0.360. The van der Waals surface area contributed by atoms with Crippen molar-refractivity contribution in [1.29, 1.82) is 0 Å². The van der Waals surface area contributed by atoms with E-state index in [2.05, 4.69) is 5.32 Å². The lowest BCUT2D eigenvalue weighted by Gasteiger charge is -2.16. The minimum atomic E-state index is -1.06. The van der Waals surface area contributed by atoms with Crippen LogP contribution in [0.2, 0.25) is 0 Å². The number of aromatic hydroxyl groups is 1. The molecule has 0 radical (unpaired) electrons. The maximum Gasteiger partial charge on any atom is 0.326 e. The van der Waals surface area contributed by atoms with E-state index >= 15 is 0 Å². The van der Waals surface area contributed by atoms with E-state index in [1.165, 1.54) is 6.07 Å². The molecule has 1 aromatic rings. The number of carboxylic acid groups (broad SMARTS) is 1. The largest absolute Gasteiger partial charge is 0.508 e. The number of hydrogen-bond acceptors (Lipinski definition) is 3.